The zero-order valence-electron chi connectivity index (χ0n) is 13.7. The van der Waals surface area contributed by atoms with Crippen LogP contribution in [-0.4, -0.2) is 53.0 Å². The summed E-state index contributed by atoms with van der Waals surface area (Å²) in [4.78, 5) is 13.4. The fraction of sp³-hybridized carbons (Fsp3) is 0.444. The molecular weight excluding hydrogens is 272 g/mol. The number of hydrogen-bond acceptors (Lipinski definition) is 4. The Hall–Kier alpha value is -1.78. The van der Waals surface area contributed by atoms with E-state index in [1.54, 1.807) is 0 Å². The van der Waals surface area contributed by atoms with Crippen LogP contribution in [0, 0.1) is 6.92 Å². The van der Waals surface area contributed by atoms with Crippen LogP contribution >= 0.6 is 0 Å². The third-order valence-corrected chi connectivity index (χ3v) is 4.45. The smallest absolute Gasteiger partial charge is 0.125 e. The lowest BCUT2D eigenvalue weighted by Crippen LogP contribution is -2.31. The second kappa shape index (κ2) is 6.55. The van der Waals surface area contributed by atoms with Crippen LogP contribution in [0.15, 0.2) is 36.7 Å². The number of hydrogen-bond donors (Lipinski definition) is 0. The van der Waals surface area contributed by atoms with E-state index in [9.17, 15) is 0 Å². The molecule has 0 radical (unpaired) electrons. The Bertz CT molecular complexity index is 604. The third-order valence-electron chi connectivity index (χ3n) is 4.45. The molecule has 1 aromatic heterocycles. The molecular formula is C18H24N4. The number of likely N-dealkylation sites (N-methyl/N-ethyl adjacent to an activating group) is 1. The van der Waals surface area contributed by atoms with Crippen molar-refractivity contribution in [1.82, 2.24) is 19.8 Å². The first-order valence-electron chi connectivity index (χ1n) is 7.88. The molecule has 1 aliphatic rings. The first-order chi connectivity index (χ1) is 10.6. The summed E-state index contributed by atoms with van der Waals surface area (Å²) >= 11 is 0. The molecule has 2 aromatic rings. The molecule has 0 bridgehead atoms. The number of rotatable bonds is 4. The third kappa shape index (κ3) is 3.51. The fourth-order valence-corrected chi connectivity index (χ4v) is 2.98. The van der Waals surface area contributed by atoms with E-state index in [1.807, 2.05) is 19.3 Å². The molecule has 4 nitrogen and oxygen atoms in total. The lowest BCUT2D eigenvalue weighted by Gasteiger charge is -2.20. The Balaban J connectivity index is 1.64. The van der Waals surface area contributed by atoms with Crippen molar-refractivity contribution in [3.63, 3.8) is 0 Å². The maximum Gasteiger partial charge on any atom is 0.125 e. The minimum atomic E-state index is 0.698. The highest BCUT2D eigenvalue weighted by atomic mass is 15.2. The van der Waals surface area contributed by atoms with Gasteiger partial charge in [0, 0.05) is 43.6 Å². The molecule has 1 fully saturated rings. The second-order valence-corrected chi connectivity index (χ2v) is 6.36. The molecule has 2 heterocycles. The van der Waals surface area contributed by atoms with Crippen LogP contribution in [0.4, 0.5) is 0 Å². The molecule has 1 aromatic carbocycles. The lowest BCUT2D eigenvalue weighted by atomic mass is 10.1. The Morgan fingerprint density at radius 3 is 2.36 bits per heavy atom. The molecule has 0 N–H and O–H groups in total. The SMILES string of the molecule is Cc1ncc(-c2ccc(CN3CCC(N(C)C)C3)cc2)cn1. The van der Waals surface area contributed by atoms with E-state index in [1.165, 1.54) is 30.6 Å². The molecule has 1 unspecified atom stereocenters. The van der Waals surface area contributed by atoms with E-state index in [4.69, 9.17) is 0 Å². The van der Waals surface area contributed by atoms with Gasteiger partial charge in [0.2, 0.25) is 0 Å². The summed E-state index contributed by atoms with van der Waals surface area (Å²) in [6, 6.07) is 9.48. The van der Waals surface area contributed by atoms with Crippen molar-refractivity contribution in [1.29, 1.82) is 0 Å². The average molecular weight is 296 g/mol. The number of aryl methyl sites for hydroxylation is 1. The molecule has 0 aliphatic carbocycles. The van der Waals surface area contributed by atoms with Gasteiger partial charge in [-0.05, 0) is 38.6 Å². The van der Waals surface area contributed by atoms with Crippen LogP contribution in [0.25, 0.3) is 11.1 Å². The van der Waals surface area contributed by atoms with Crippen LogP contribution in [0.2, 0.25) is 0 Å². The van der Waals surface area contributed by atoms with Gasteiger partial charge in [-0.25, -0.2) is 9.97 Å². The number of aromatic nitrogens is 2. The molecule has 1 atom stereocenters. The quantitative estimate of drug-likeness (QED) is 0.868. The Labute approximate surface area is 132 Å². The minimum Gasteiger partial charge on any atom is -0.305 e. The van der Waals surface area contributed by atoms with Gasteiger partial charge in [-0.1, -0.05) is 24.3 Å². The van der Waals surface area contributed by atoms with Gasteiger partial charge in [0.05, 0.1) is 0 Å². The summed E-state index contributed by atoms with van der Waals surface area (Å²) in [6.45, 7) is 5.30. The van der Waals surface area contributed by atoms with Gasteiger partial charge in [0.15, 0.2) is 0 Å². The van der Waals surface area contributed by atoms with Crippen molar-refractivity contribution < 1.29 is 0 Å². The van der Waals surface area contributed by atoms with Gasteiger partial charge < -0.3 is 4.90 Å². The highest BCUT2D eigenvalue weighted by molar-refractivity contribution is 5.61. The van der Waals surface area contributed by atoms with Crippen LogP contribution in [0.3, 0.4) is 0 Å². The van der Waals surface area contributed by atoms with Crippen molar-refractivity contribution in [2.24, 2.45) is 0 Å². The maximum absolute atomic E-state index is 4.26. The molecule has 3 rings (SSSR count). The fourth-order valence-electron chi connectivity index (χ4n) is 2.98. The lowest BCUT2D eigenvalue weighted by molar-refractivity contribution is 0.264. The molecule has 4 heteroatoms. The number of nitrogens with zero attached hydrogens (tertiary/aromatic N) is 4. The van der Waals surface area contributed by atoms with Crippen molar-refractivity contribution in [2.45, 2.75) is 25.9 Å². The number of benzene rings is 1. The van der Waals surface area contributed by atoms with Gasteiger partial charge in [0.1, 0.15) is 5.82 Å². The van der Waals surface area contributed by atoms with Crippen molar-refractivity contribution in [2.75, 3.05) is 27.2 Å². The largest absolute Gasteiger partial charge is 0.305 e. The summed E-state index contributed by atoms with van der Waals surface area (Å²) in [7, 11) is 4.35. The summed E-state index contributed by atoms with van der Waals surface area (Å²) in [6.07, 6.45) is 5.05. The van der Waals surface area contributed by atoms with Gasteiger partial charge in [-0.2, -0.15) is 0 Å². The zero-order chi connectivity index (χ0) is 15.5. The minimum absolute atomic E-state index is 0.698. The van der Waals surface area contributed by atoms with Gasteiger partial charge in [-0.3, -0.25) is 4.90 Å². The first kappa shape index (κ1) is 15.1. The van der Waals surface area contributed by atoms with Crippen molar-refractivity contribution in [3.05, 3.63) is 48.0 Å². The summed E-state index contributed by atoms with van der Waals surface area (Å²) < 4.78 is 0. The van der Waals surface area contributed by atoms with E-state index >= 15 is 0 Å². The van der Waals surface area contributed by atoms with Crippen LogP contribution < -0.4 is 0 Å². The predicted octanol–water partition coefficient (Wildman–Crippen LogP) is 2.59. The van der Waals surface area contributed by atoms with Crippen LogP contribution in [0.1, 0.15) is 17.8 Å². The molecule has 1 saturated heterocycles. The summed E-state index contributed by atoms with van der Waals surface area (Å²) in [5.74, 6) is 0.810. The Morgan fingerprint density at radius 1 is 1.09 bits per heavy atom. The van der Waals surface area contributed by atoms with Gasteiger partial charge in [0.25, 0.3) is 0 Å². The molecule has 0 amide bonds. The maximum atomic E-state index is 4.26. The zero-order valence-corrected chi connectivity index (χ0v) is 13.7. The summed E-state index contributed by atoms with van der Waals surface area (Å²) in [5, 5.41) is 0. The van der Waals surface area contributed by atoms with Crippen molar-refractivity contribution in [3.8, 4) is 11.1 Å². The first-order valence-corrected chi connectivity index (χ1v) is 7.88. The van der Waals surface area contributed by atoms with E-state index in [0.717, 1.165) is 17.9 Å². The second-order valence-electron chi connectivity index (χ2n) is 6.36. The topological polar surface area (TPSA) is 32.3 Å². The van der Waals surface area contributed by atoms with E-state index in [2.05, 4.69) is 58.1 Å². The molecule has 116 valence electrons. The Kier molecular flexibility index (Phi) is 4.50. The normalized spacial score (nSPS) is 19.0. The van der Waals surface area contributed by atoms with E-state index in [0.29, 0.717) is 6.04 Å². The predicted molar refractivity (Wildman–Crippen MR) is 89.6 cm³/mol. The van der Waals surface area contributed by atoms with Crippen LogP contribution in [-0.2, 0) is 6.54 Å². The van der Waals surface area contributed by atoms with E-state index < -0.39 is 0 Å². The van der Waals surface area contributed by atoms with Crippen molar-refractivity contribution >= 4 is 0 Å². The molecule has 0 spiro atoms. The number of likely N-dealkylation sites (tertiary alicyclic amines) is 1. The average Bonchev–Trinajstić information content (AvgIpc) is 2.98. The highest BCUT2D eigenvalue weighted by Crippen LogP contribution is 2.20. The van der Waals surface area contributed by atoms with E-state index in [-0.39, 0.29) is 0 Å². The van der Waals surface area contributed by atoms with Gasteiger partial charge in [-0.15, -0.1) is 0 Å². The van der Waals surface area contributed by atoms with Crippen LogP contribution in [0.5, 0.6) is 0 Å². The standard InChI is InChI=1S/C18H24N4/c1-14-19-10-17(11-20-14)16-6-4-15(5-7-16)12-22-9-8-18(13-22)21(2)3/h4-7,10-11,18H,8-9,12-13H2,1-3H3. The summed E-state index contributed by atoms with van der Waals surface area (Å²) in [5.41, 5.74) is 3.62. The monoisotopic (exact) mass is 296 g/mol. The highest BCUT2D eigenvalue weighted by Gasteiger charge is 2.23. The van der Waals surface area contributed by atoms with Gasteiger partial charge >= 0.3 is 0 Å². The molecule has 0 saturated carbocycles. The molecule has 22 heavy (non-hydrogen) atoms. The Morgan fingerprint density at radius 2 is 1.77 bits per heavy atom. The molecule has 1 aliphatic heterocycles.